The van der Waals surface area contributed by atoms with Gasteiger partial charge in [-0.3, -0.25) is 4.79 Å². The SMILES string of the molecule is CC(C)CCCC(C)NC(=O)c1cccc(C#CCN)c1. The fourth-order valence-electron chi connectivity index (χ4n) is 2.10. The second-order valence-corrected chi connectivity index (χ2v) is 5.79. The molecule has 0 aromatic heterocycles. The van der Waals surface area contributed by atoms with Gasteiger partial charge in [-0.2, -0.15) is 0 Å². The van der Waals surface area contributed by atoms with Gasteiger partial charge in [-0.05, 0) is 37.5 Å². The molecule has 1 aromatic rings. The lowest BCUT2D eigenvalue weighted by molar-refractivity contribution is 0.0937. The maximum absolute atomic E-state index is 12.2. The second-order valence-electron chi connectivity index (χ2n) is 5.79. The molecule has 0 radical (unpaired) electrons. The van der Waals surface area contributed by atoms with E-state index in [9.17, 15) is 4.79 Å². The third-order valence-electron chi connectivity index (χ3n) is 3.26. The van der Waals surface area contributed by atoms with Crippen molar-refractivity contribution in [2.45, 2.75) is 46.1 Å². The molecule has 3 N–H and O–H groups in total. The molecule has 1 rings (SSSR count). The molecule has 0 saturated heterocycles. The Hall–Kier alpha value is -1.79. The summed E-state index contributed by atoms with van der Waals surface area (Å²) in [4.78, 5) is 12.2. The van der Waals surface area contributed by atoms with E-state index in [0.717, 1.165) is 18.4 Å². The Labute approximate surface area is 128 Å². The average molecular weight is 286 g/mol. The first kappa shape index (κ1) is 17.3. The van der Waals surface area contributed by atoms with E-state index < -0.39 is 0 Å². The van der Waals surface area contributed by atoms with Crippen LogP contribution in [0.5, 0.6) is 0 Å². The smallest absolute Gasteiger partial charge is 0.251 e. The molecule has 0 fully saturated rings. The maximum Gasteiger partial charge on any atom is 0.251 e. The number of hydrogen-bond acceptors (Lipinski definition) is 2. The van der Waals surface area contributed by atoms with Crippen LogP contribution in [-0.2, 0) is 0 Å². The summed E-state index contributed by atoms with van der Waals surface area (Å²) in [5, 5.41) is 3.04. The molecule has 0 bridgehead atoms. The third kappa shape index (κ3) is 6.97. The summed E-state index contributed by atoms with van der Waals surface area (Å²) < 4.78 is 0. The van der Waals surface area contributed by atoms with Crippen molar-refractivity contribution < 1.29 is 4.79 Å². The fourth-order valence-corrected chi connectivity index (χ4v) is 2.10. The van der Waals surface area contributed by atoms with Gasteiger partial charge in [0.05, 0.1) is 6.54 Å². The minimum Gasteiger partial charge on any atom is -0.350 e. The van der Waals surface area contributed by atoms with Crippen LogP contribution in [0.3, 0.4) is 0 Å². The number of amides is 1. The van der Waals surface area contributed by atoms with Crippen LogP contribution in [-0.4, -0.2) is 18.5 Å². The molecule has 21 heavy (non-hydrogen) atoms. The van der Waals surface area contributed by atoms with E-state index >= 15 is 0 Å². The number of hydrogen-bond donors (Lipinski definition) is 2. The molecule has 1 aromatic carbocycles. The molecule has 0 aliphatic carbocycles. The highest BCUT2D eigenvalue weighted by molar-refractivity contribution is 5.94. The number of nitrogens with one attached hydrogen (secondary N) is 1. The quantitative estimate of drug-likeness (QED) is 0.790. The molecule has 0 saturated carbocycles. The normalized spacial score (nSPS) is 11.7. The zero-order valence-corrected chi connectivity index (χ0v) is 13.3. The van der Waals surface area contributed by atoms with Crippen LogP contribution in [0.25, 0.3) is 0 Å². The Morgan fingerprint density at radius 3 is 2.71 bits per heavy atom. The van der Waals surface area contributed by atoms with Crippen molar-refractivity contribution in [1.29, 1.82) is 0 Å². The Morgan fingerprint density at radius 1 is 1.29 bits per heavy atom. The Balaban J connectivity index is 2.55. The standard InChI is InChI=1S/C18H26N2O/c1-14(2)7-4-8-15(3)20-18(21)17-11-5-9-16(13-17)10-6-12-19/h5,9,11,13-15H,4,7-8,12,19H2,1-3H3,(H,20,21). The highest BCUT2D eigenvalue weighted by Crippen LogP contribution is 2.09. The van der Waals surface area contributed by atoms with E-state index in [4.69, 9.17) is 5.73 Å². The summed E-state index contributed by atoms with van der Waals surface area (Å²) >= 11 is 0. The van der Waals surface area contributed by atoms with Crippen LogP contribution < -0.4 is 11.1 Å². The van der Waals surface area contributed by atoms with Crippen molar-refractivity contribution >= 4 is 5.91 Å². The molecule has 114 valence electrons. The first-order chi connectivity index (χ1) is 10.0. The van der Waals surface area contributed by atoms with E-state index in [-0.39, 0.29) is 11.9 Å². The van der Waals surface area contributed by atoms with Crippen LogP contribution in [0.2, 0.25) is 0 Å². The van der Waals surface area contributed by atoms with Gasteiger partial charge < -0.3 is 11.1 Å². The molecule has 0 spiro atoms. The highest BCUT2D eigenvalue weighted by atomic mass is 16.1. The summed E-state index contributed by atoms with van der Waals surface area (Å²) in [6, 6.07) is 7.53. The van der Waals surface area contributed by atoms with Crippen LogP contribution in [0, 0.1) is 17.8 Å². The first-order valence-electron chi connectivity index (χ1n) is 7.62. The lowest BCUT2D eigenvalue weighted by Gasteiger charge is -2.14. The monoisotopic (exact) mass is 286 g/mol. The maximum atomic E-state index is 12.2. The van der Waals surface area contributed by atoms with Crippen LogP contribution in [0.4, 0.5) is 0 Å². The molecular formula is C18H26N2O. The summed E-state index contributed by atoms with van der Waals surface area (Å²) in [5.74, 6) is 6.42. The third-order valence-corrected chi connectivity index (χ3v) is 3.26. The summed E-state index contributed by atoms with van der Waals surface area (Å²) in [5.41, 5.74) is 6.82. The molecule has 3 heteroatoms. The zero-order valence-electron chi connectivity index (χ0n) is 13.3. The number of carbonyl (C=O) groups excluding carboxylic acids is 1. The molecular weight excluding hydrogens is 260 g/mol. The Kier molecular flexibility index (Phi) is 7.56. The number of nitrogens with two attached hydrogens (primary N) is 1. The lowest BCUT2D eigenvalue weighted by atomic mass is 10.0. The molecule has 0 aliphatic heterocycles. The number of benzene rings is 1. The van der Waals surface area contributed by atoms with Gasteiger partial charge in [-0.1, -0.05) is 44.6 Å². The van der Waals surface area contributed by atoms with Gasteiger partial charge in [-0.25, -0.2) is 0 Å². The van der Waals surface area contributed by atoms with E-state index in [1.54, 1.807) is 6.07 Å². The number of carbonyl (C=O) groups is 1. The topological polar surface area (TPSA) is 55.1 Å². The minimum absolute atomic E-state index is 0.0385. The predicted octanol–water partition coefficient (Wildman–Crippen LogP) is 2.94. The van der Waals surface area contributed by atoms with Crippen molar-refractivity contribution in [1.82, 2.24) is 5.32 Å². The Morgan fingerprint density at radius 2 is 2.05 bits per heavy atom. The van der Waals surface area contributed by atoms with Crippen molar-refractivity contribution in [3.63, 3.8) is 0 Å². The van der Waals surface area contributed by atoms with Gasteiger partial charge in [0.2, 0.25) is 0 Å². The van der Waals surface area contributed by atoms with Crippen LogP contribution in [0.1, 0.15) is 56.0 Å². The van der Waals surface area contributed by atoms with E-state index in [1.165, 1.54) is 6.42 Å². The fraction of sp³-hybridized carbons (Fsp3) is 0.500. The van der Waals surface area contributed by atoms with Crippen LogP contribution in [0.15, 0.2) is 24.3 Å². The van der Waals surface area contributed by atoms with E-state index in [0.29, 0.717) is 18.0 Å². The van der Waals surface area contributed by atoms with Crippen molar-refractivity contribution in [3.05, 3.63) is 35.4 Å². The Bertz CT molecular complexity index is 511. The van der Waals surface area contributed by atoms with Gasteiger partial charge >= 0.3 is 0 Å². The average Bonchev–Trinajstić information content (AvgIpc) is 2.45. The lowest BCUT2D eigenvalue weighted by Crippen LogP contribution is -2.32. The van der Waals surface area contributed by atoms with Crippen molar-refractivity contribution in [2.75, 3.05) is 6.54 Å². The summed E-state index contributed by atoms with van der Waals surface area (Å²) in [6.07, 6.45) is 3.35. The van der Waals surface area contributed by atoms with Gasteiger partial charge in [-0.15, -0.1) is 0 Å². The van der Waals surface area contributed by atoms with E-state index in [1.807, 2.05) is 18.2 Å². The van der Waals surface area contributed by atoms with Gasteiger partial charge in [0.25, 0.3) is 5.91 Å². The molecule has 3 nitrogen and oxygen atoms in total. The summed E-state index contributed by atoms with van der Waals surface area (Å²) in [6.45, 7) is 6.81. The van der Waals surface area contributed by atoms with Gasteiger partial charge in [0, 0.05) is 17.2 Å². The predicted molar refractivity (Wildman–Crippen MR) is 88.0 cm³/mol. The molecule has 0 aliphatic rings. The number of rotatable bonds is 6. The van der Waals surface area contributed by atoms with Crippen molar-refractivity contribution in [3.8, 4) is 11.8 Å². The zero-order chi connectivity index (χ0) is 15.7. The van der Waals surface area contributed by atoms with Gasteiger partial charge in [0.1, 0.15) is 0 Å². The van der Waals surface area contributed by atoms with Crippen LogP contribution >= 0.6 is 0 Å². The summed E-state index contributed by atoms with van der Waals surface area (Å²) in [7, 11) is 0. The van der Waals surface area contributed by atoms with E-state index in [2.05, 4.69) is 37.9 Å². The molecule has 1 atom stereocenters. The highest BCUT2D eigenvalue weighted by Gasteiger charge is 2.10. The molecule has 0 heterocycles. The first-order valence-corrected chi connectivity index (χ1v) is 7.62. The van der Waals surface area contributed by atoms with Crippen molar-refractivity contribution in [2.24, 2.45) is 11.7 Å². The molecule has 1 unspecified atom stereocenters. The second kappa shape index (κ2) is 9.20. The molecule has 1 amide bonds. The minimum atomic E-state index is -0.0385. The largest absolute Gasteiger partial charge is 0.350 e. The van der Waals surface area contributed by atoms with Gasteiger partial charge in [0.15, 0.2) is 0 Å².